The van der Waals surface area contributed by atoms with Crippen LogP contribution in [0.4, 0.5) is 22.0 Å². The summed E-state index contributed by atoms with van der Waals surface area (Å²) in [5, 5.41) is 0. The fourth-order valence-corrected chi connectivity index (χ4v) is 1.42. The minimum atomic E-state index is -6.05. The van der Waals surface area contributed by atoms with Crippen LogP contribution in [-0.2, 0) is 20.2 Å². The molecule has 108 valence electrons. The number of nitrogens with zero attached hydrogens (tertiary/aromatic N) is 1. The van der Waals surface area contributed by atoms with Gasteiger partial charge >= 0.3 is 15.6 Å². The molecule has 10 heteroatoms. The quantitative estimate of drug-likeness (QED) is 0.487. The zero-order valence-corrected chi connectivity index (χ0v) is 10.2. The van der Waals surface area contributed by atoms with Crippen molar-refractivity contribution in [2.24, 2.45) is 0 Å². The van der Waals surface area contributed by atoms with E-state index in [0.29, 0.717) is 5.69 Å². The summed E-state index contributed by atoms with van der Waals surface area (Å²) in [5.41, 5.74) is -6.06. The van der Waals surface area contributed by atoms with Crippen molar-refractivity contribution in [3.05, 3.63) is 29.6 Å². The molecule has 0 aliphatic heterocycles. The summed E-state index contributed by atoms with van der Waals surface area (Å²) in [7, 11) is -6.05. The molecule has 1 aromatic heterocycles. The Kier molecular flexibility index (Phi) is 4.15. The van der Waals surface area contributed by atoms with Gasteiger partial charge in [-0.2, -0.15) is 30.4 Å². The van der Waals surface area contributed by atoms with E-state index in [0.717, 1.165) is 12.3 Å². The standard InChI is InChI=1S/C9H8F5NO3S/c1-6-2-3-7(4-15-6)8(10,11)5-18-19(16,17)9(12,13)14/h2-4H,5H2,1H3. The first-order valence-electron chi connectivity index (χ1n) is 4.72. The highest BCUT2D eigenvalue weighted by Crippen LogP contribution is 2.31. The van der Waals surface area contributed by atoms with Gasteiger partial charge in [0.15, 0.2) is 0 Å². The Morgan fingerprint density at radius 1 is 1.21 bits per heavy atom. The van der Waals surface area contributed by atoms with Crippen LogP contribution < -0.4 is 0 Å². The highest BCUT2D eigenvalue weighted by molar-refractivity contribution is 7.87. The first-order valence-corrected chi connectivity index (χ1v) is 6.13. The van der Waals surface area contributed by atoms with Crippen LogP contribution in [0, 0.1) is 6.92 Å². The van der Waals surface area contributed by atoms with Gasteiger partial charge in [0.2, 0.25) is 0 Å². The molecule has 1 aromatic rings. The lowest BCUT2D eigenvalue weighted by molar-refractivity contribution is -0.0747. The van der Waals surface area contributed by atoms with E-state index < -0.39 is 33.7 Å². The van der Waals surface area contributed by atoms with Crippen LogP contribution in [0.1, 0.15) is 11.3 Å². The average Bonchev–Trinajstić information content (AvgIpc) is 2.26. The lowest BCUT2D eigenvalue weighted by atomic mass is 10.1. The molecule has 0 aliphatic rings. The molecule has 0 saturated carbocycles. The highest BCUT2D eigenvalue weighted by atomic mass is 32.2. The Balaban J connectivity index is 2.84. The molecule has 0 saturated heterocycles. The van der Waals surface area contributed by atoms with E-state index in [1.54, 1.807) is 0 Å². The largest absolute Gasteiger partial charge is 0.523 e. The molecule has 0 atom stereocenters. The summed E-state index contributed by atoms with van der Waals surface area (Å²) in [6.07, 6.45) is 0.735. The van der Waals surface area contributed by atoms with Crippen LogP contribution in [0.5, 0.6) is 0 Å². The number of alkyl halides is 5. The second-order valence-electron chi connectivity index (χ2n) is 3.55. The lowest BCUT2D eigenvalue weighted by Crippen LogP contribution is -2.31. The van der Waals surface area contributed by atoms with Crippen LogP contribution in [0.15, 0.2) is 18.3 Å². The first-order chi connectivity index (χ1) is 8.46. The van der Waals surface area contributed by atoms with Crippen molar-refractivity contribution in [1.29, 1.82) is 0 Å². The molecular formula is C9H8F5NO3S. The molecule has 0 spiro atoms. The van der Waals surface area contributed by atoms with Crippen molar-refractivity contribution >= 4 is 10.1 Å². The third-order valence-corrected chi connectivity index (χ3v) is 3.01. The van der Waals surface area contributed by atoms with Crippen molar-refractivity contribution in [1.82, 2.24) is 4.98 Å². The highest BCUT2D eigenvalue weighted by Gasteiger charge is 2.49. The number of rotatable bonds is 4. The van der Waals surface area contributed by atoms with Gasteiger partial charge in [0.05, 0.1) is 0 Å². The van der Waals surface area contributed by atoms with Gasteiger partial charge in [-0.05, 0) is 19.1 Å². The Hall–Kier alpha value is -1.29. The van der Waals surface area contributed by atoms with Gasteiger partial charge in [-0.15, -0.1) is 0 Å². The normalized spacial score (nSPS) is 13.6. The third kappa shape index (κ3) is 3.83. The topological polar surface area (TPSA) is 56.3 Å². The number of aryl methyl sites for hydroxylation is 1. The maximum Gasteiger partial charge on any atom is 0.523 e. The minimum absolute atomic E-state index is 0.420. The van der Waals surface area contributed by atoms with Gasteiger partial charge in [0.1, 0.15) is 6.61 Å². The fraction of sp³-hybridized carbons (Fsp3) is 0.444. The maximum atomic E-state index is 13.4. The molecule has 0 aromatic carbocycles. The molecule has 0 bridgehead atoms. The van der Waals surface area contributed by atoms with Crippen molar-refractivity contribution in [2.45, 2.75) is 18.4 Å². The molecule has 0 aliphatic carbocycles. The summed E-state index contributed by atoms with van der Waals surface area (Å²) >= 11 is 0. The van der Waals surface area contributed by atoms with Gasteiger partial charge < -0.3 is 0 Å². The van der Waals surface area contributed by atoms with Gasteiger partial charge in [-0.1, -0.05) is 0 Å². The van der Waals surface area contributed by atoms with E-state index in [2.05, 4.69) is 9.17 Å². The lowest BCUT2D eigenvalue weighted by Gasteiger charge is -2.17. The second-order valence-corrected chi connectivity index (χ2v) is 5.16. The summed E-state index contributed by atoms with van der Waals surface area (Å²) in [6, 6.07) is 2.13. The summed E-state index contributed by atoms with van der Waals surface area (Å²) < 4.78 is 86.8. The first kappa shape index (κ1) is 15.8. The Morgan fingerprint density at radius 2 is 1.79 bits per heavy atom. The number of aromatic nitrogens is 1. The minimum Gasteiger partial charge on any atom is -0.261 e. The van der Waals surface area contributed by atoms with Crippen LogP contribution in [0.2, 0.25) is 0 Å². The van der Waals surface area contributed by atoms with E-state index in [1.807, 2.05) is 0 Å². The number of hydrogen-bond acceptors (Lipinski definition) is 4. The molecule has 0 amide bonds. The zero-order valence-electron chi connectivity index (χ0n) is 9.41. The van der Waals surface area contributed by atoms with Crippen LogP contribution in [0.25, 0.3) is 0 Å². The van der Waals surface area contributed by atoms with Crippen LogP contribution in [0.3, 0.4) is 0 Å². The van der Waals surface area contributed by atoms with E-state index in [4.69, 9.17) is 0 Å². The number of halogens is 5. The van der Waals surface area contributed by atoms with E-state index in [1.165, 1.54) is 13.0 Å². The maximum absolute atomic E-state index is 13.4. The summed E-state index contributed by atoms with van der Waals surface area (Å²) in [4.78, 5) is 3.53. The monoisotopic (exact) mass is 305 g/mol. The predicted octanol–water partition coefficient (Wildman–Crippen LogP) is 2.35. The smallest absolute Gasteiger partial charge is 0.261 e. The molecule has 0 fully saturated rings. The number of pyridine rings is 1. The Labute approximate surface area is 105 Å². The summed E-state index contributed by atoms with van der Waals surface area (Å²) in [5.74, 6) is -3.90. The predicted molar refractivity (Wildman–Crippen MR) is 53.8 cm³/mol. The Morgan fingerprint density at radius 3 is 2.21 bits per heavy atom. The van der Waals surface area contributed by atoms with Crippen molar-refractivity contribution in [2.75, 3.05) is 6.61 Å². The van der Waals surface area contributed by atoms with Crippen molar-refractivity contribution in [3.63, 3.8) is 0 Å². The molecule has 0 radical (unpaired) electrons. The SMILES string of the molecule is Cc1ccc(C(F)(F)COS(=O)(=O)C(F)(F)F)cn1. The van der Waals surface area contributed by atoms with Gasteiger partial charge in [-0.25, -0.2) is 0 Å². The third-order valence-electron chi connectivity index (χ3n) is 2.01. The van der Waals surface area contributed by atoms with Gasteiger partial charge in [0.25, 0.3) is 5.92 Å². The summed E-state index contributed by atoms with van der Waals surface area (Å²) in [6.45, 7) is -0.424. The molecular weight excluding hydrogens is 297 g/mol. The van der Waals surface area contributed by atoms with Crippen molar-refractivity contribution in [3.8, 4) is 0 Å². The molecule has 1 rings (SSSR count). The average molecular weight is 305 g/mol. The fourth-order valence-electron chi connectivity index (χ4n) is 0.986. The molecule has 4 nitrogen and oxygen atoms in total. The van der Waals surface area contributed by atoms with Crippen molar-refractivity contribution < 1.29 is 34.6 Å². The number of hydrogen-bond donors (Lipinski definition) is 0. The second kappa shape index (κ2) is 5.00. The molecule has 0 N–H and O–H groups in total. The van der Waals surface area contributed by atoms with Crippen LogP contribution >= 0.6 is 0 Å². The van der Waals surface area contributed by atoms with Gasteiger partial charge in [-0.3, -0.25) is 9.17 Å². The zero-order chi connectivity index (χ0) is 14.9. The van der Waals surface area contributed by atoms with E-state index >= 15 is 0 Å². The molecule has 19 heavy (non-hydrogen) atoms. The van der Waals surface area contributed by atoms with E-state index in [-0.39, 0.29) is 0 Å². The molecule has 0 unspecified atom stereocenters. The van der Waals surface area contributed by atoms with Gasteiger partial charge in [0, 0.05) is 17.5 Å². The van der Waals surface area contributed by atoms with E-state index in [9.17, 15) is 30.4 Å². The Bertz CT molecular complexity index is 538. The van der Waals surface area contributed by atoms with Crippen LogP contribution in [-0.4, -0.2) is 25.5 Å². The molecule has 1 heterocycles.